The summed E-state index contributed by atoms with van der Waals surface area (Å²) in [4.78, 5) is 108. The number of aryl methyl sites for hydroxylation is 1. The van der Waals surface area contributed by atoms with Gasteiger partial charge in [-0.05, 0) is 112 Å². The first kappa shape index (κ1) is 69.7. The molecule has 0 saturated carbocycles. The van der Waals surface area contributed by atoms with Gasteiger partial charge in [-0.1, -0.05) is 185 Å². The van der Waals surface area contributed by atoms with E-state index < -0.39 is 62.8 Å². The highest BCUT2D eigenvalue weighted by atomic mass is 35.5. The van der Waals surface area contributed by atoms with Crippen LogP contribution in [0.5, 0.6) is 0 Å². The summed E-state index contributed by atoms with van der Waals surface area (Å²) in [5.41, 5.74) is -2.87. The molecule has 1 aromatic heterocycles. The van der Waals surface area contributed by atoms with E-state index in [1.54, 1.807) is 120 Å². The fourth-order valence-corrected chi connectivity index (χ4v) is 13.5. The molecule has 4 unspecified atom stereocenters. The lowest BCUT2D eigenvalue weighted by Gasteiger charge is -2.49. The SMILES string of the molecule is CCCCCN(C(=O)c1ccccc1)[N+]1(CC2(C(=O)O)C=CC(OCc3ccccc3Cl)=CC2)C(=O)c2c(cccc2C2(N(Cc3ccccc3)C(=O)N(C)CC)C=c3c(nc(CCCC)n(CC4(C(=O)O)C=CC(OCc5ccccc5Cl)=CC4)c3=O)=CC2)N=C1CCCC. The number of nitrogens with zero attached hydrogens (tertiary/aromatic N) is 7. The molecule has 0 bridgehead atoms. The maximum absolute atomic E-state index is 17.8. The second-order valence-electron chi connectivity index (χ2n) is 25.2. The molecule has 6 aromatic rings. The number of rotatable bonds is 29. The fourth-order valence-electron chi connectivity index (χ4n) is 13.1. The topological polar surface area (TPSA) is 201 Å². The predicted octanol–water partition coefficient (Wildman–Crippen LogP) is 14.0. The van der Waals surface area contributed by atoms with Gasteiger partial charge in [0, 0.05) is 71.8 Å². The molecule has 1 aliphatic heterocycles. The van der Waals surface area contributed by atoms with Crippen molar-refractivity contribution in [3.63, 3.8) is 0 Å². The highest BCUT2D eigenvalue weighted by Gasteiger charge is 2.61. The Balaban J connectivity index is 1.22. The number of hydrogen-bond acceptors (Lipinski definition) is 10. The quantitative estimate of drug-likeness (QED) is 0.0334. The molecule has 4 amide bonds. The Morgan fingerprint density at radius 1 is 0.667 bits per heavy atom. The Labute approximate surface area is 570 Å². The molecule has 0 spiro atoms. The standard InChI is InChI=1S/C77H83Cl2N7O10/c1-6-10-23-47-85(69(87)55-27-17-14-18-28-55)86(53-76(73(92)93)44-39-59(40-45-76)96-51-57-30-20-22-33-63(57)79)67(36-12-8-3)81-65-34-24-31-61(68(65)71(86)89)77(84(74(94)82(5)9-4)49-54-25-15-13-16-26-54)46-41-64-60(48-77)70(88)83(66(80-64)35-11-7-2)52-75(72(90)91)42-37-58(38-43-75)95-50-56-29-19-21-32-62(56)78/h13-22,24-34,37-42,44,48H,6-12,23,35-36,43,45-47,49-53H2,1-5H3,(H-,90,91,92,93)/p+1. The van der Waals surface area contributed by atoms with E-state index in [0.29, 0.717) is 71.3 Å². The highest BCUT2D eigenvalue weighted by Crippen LogP contribution is 2.48. The molecule has 2 N–H and O–H groups in total. The summed E-state index contributed by atoms with van der Waals surface area (Å²) in [5.74, 6) is -2.13. The van der Waals surface area contributed by atoms with Gasteiger partial charge in [-0.2, -0.15) is 10.0 Å². The number of aromatic nitrogens is 2. The third-order valence-electron chi connectivity index (χ3n) is 18.9. The van der Waals surface area contributed by atoms with Gasteiger partial charge in [-0.25, -0.2) is 14.6 Å². The summed E-state index contributed by atoms with van der Waals surface area (Å²) in [7, 11) is 1.68. The lowest BCUT2D eigenvalue weighted by molar-refractivity contribution is -0.877. The van der Waals surface area contributed by atoms with Crippen LogP contribution in [0.3, 0.4) is 0 Å². The largest absolute Gasteiger partial charge is 0.489 e. The molecule has 4 atom stereocenters. The van der Waals surface area contributed by atoms with Crippen molar-refractivity contribution in [2.75, 3.05) is 26.7 Å². The molecular formula is C77H84Cl2N7O10+. The van der Waals surface area contributed by atoms with Crippen molar-refractivity contribution in [3.05, 3.63) is 246 Å². The minimum absolute atomic E-state index is 0.0149. The molecule has 0 radical (unpaired) electrons. The lowest BCUT2D eigenvalue weighted by atomic mass is 9.77. The van der Waals surface area contributed by atoms with Crippen LogP contribution >= 0.6 is 23.2 Å². The van der Waals surface area contributed by atoms with Crippen molar-refractivity contribution in [3.8, 4) is 0 Å². The lowest BCUT2D eigenvalue weighted by Crippen LogP contribution is -2.72. The maximum atomic E-state index is 17.8. The van der Waals surface area contributed by atoms with E-state index in [9.17, 15) is 19.8 Å². The summed E-state index contributed by atoms with van der Waals surface area (Å²) in [5, 5.41) is 26.1. The number of aliphatic imine (C=N–C) groups is 1. The molecule has 3 aliphatic carbocycles. The van der Waals surface area contributed by atoms with Gasteiger partial charge in [0.05, 0.1) is 28.3 Å². The third-order valence-corrected chi connectivity index (χ3v) is 19.6. The summed E-state index contributed by atoms with van der Waals surface area (Å²) in [6.45, 7) is 7.56. The molecule has 5 aromatic carbocycles. The van der Waals surface area contributed by atoms with Crippen molar-refractivity contribution < 1.29 is 48.3 Å². The average molecular weight is 1340 g/mol. The molecule has 96 heavy (non-hydrogen) atoms. The molecule has 500 valence electrons. The number of amides is 4. The molecule has 0 saturated heterocycles. The van der Waals surface area contributed by atoms with Gasteiger partial charge in [-0.3, -0.25) is 23.7 Å². The molecule has 0 fully saturated rings. The number of amidine groups is 1. The molecule has 19 heteroatoms. The van der Waals surface area contributed by atoms with Crippen LogP contribution in [0.2, 0.25) is 10.0 Å². The van der Waals surface area contributed by atoms with E-state index in [2.05, 4.69) is 0 Å². The Kier molecular flexibility index (Phi) is 22.3. The summed E-state index contributed by atoms with van der Waals surface area (Å²) < 4.78 is 12.9. The monoisotopic (exact) mass is 1340 g/mol. The van der Waals surface area contributed by atoms with E-state index in [1.165, 1.54) is 9.58 Å². The molecule has 17 nitrogen and oxygen atoms in total. The first-order valence-corrected chi connectivity index (χ1v) is 34.0. The van der Waals surface area contributed by atoms with Crippen LogP contribution in [-0.4, -0.2) is 101 Å². The van der Waals surface area contributed by atoms with E-state index in [1.807, 2.05) is 101 Å². The van der Waals surface area contributed by atoms with Gasteiger partial charge in [0.2, 0.25) is 5.84 Å². The number of carboxylic acid groups (broad SMARTS) is 2. The number of quaternary nitrogens is 1. The summed E-state index contributed by atoms with van der Waals surface area (Å²) in [6, 6.07) is 37.4. The number of carbonyl (C=O) groups is 5. The van der Waals surface area contributed by atoms with Gasteiger partial charge < -0.3 is 29.5 Å². The van der Waals surface area contributed by atoms with Crippen LogP contribution in [0.25, 0.3) is 12.2 Å². The number of urea groups is 1. The summed E-state index contributed by atoms with van der Waals surface area (Å²) >= 11 is 13.0. The zero-order valence-corrected chi connectivity index (χ0v) is 56.7. The van der Waals surface area contributed by atoms with E-state index in [-0.39, 0.29) is 98.5 Å². The van der Waals surface area contributed by atoms with Crippen LogP contribution in [-0.2, 0) is 57.3 Å². The zero-order chi connectivity index (χ0) is 68.2. The van der Waals surface area contributed by atoms with Crippen LogP contribution < -0.4 is 16.1 Å². The number of aliphatic carboxylic acids is 2. The van der Waals surface area contributed by atoms with Crippen molar-refractivity contribution >= 4 is 76.7 Å². The van der Waals surface area contributed by atoms with Crippen molar-refractivity contribution in [2.24, 2.45) is 15.8 Å². The van der Waals surface area contributed by atoms with Gasteiger partial charge in [0.25, 0.3) is 11.5 Å². The van der Waals surface area contributed by atoms with Crippen LogP contribution in [0.1, 0.15) is 147 Å². The molecular weight excluding hydrogens is 1250 g/mol. The number of hydrogen-bond donors (Lipinski definition) is 2. The molecule has 2 heterocycles. The Morgan fingerprint density at radius 2 is 1.25 bits per heavy atom. The van der Waals surface area contributed by atoms with Crippen LogP contribution in [0.15, 0.2) is 185 Å². The van der Waals surface area contributed by atoms with E-state index >= 15 is 19.2 Å². The normalized spacial score (nSPS) is 20.1. The van der Waals surface area contributed by atoms with Gasteiger partial charge in [0.15, 0.2) is 0 Å². The number of unbranched alkanes of at least 4 members (excludes halogenated alkanes) is 4. The first-order chi connectivity index (χ1) is 46.4. The highest BCUT2D eigenvalue weighted by molar-refractivity contribution is 6.31. The first-order valence-electron chi connectivity index (χ1n) is 33.3. The zero-order valence-electron chi connectivity index (χ0n) is 55.2. The minimum Gasteiger partial charge on any atom is -0.489 e. The van der Waals surface area contributed by atoms with Crippen molar-refractivity contribution in [2.45, 2.75) is 137 Å². The van der Waals surface area contributed by atoms with Gasteiger partial charge in [0.1, 0.15) is 53.5 Å². The number of carboxylic acids is 2. The third kappa shape index (κ3) is 14.4. The fraction of sp³-hybridized carbons (Fsp3) is 0.351. The predicted molar refractivity (Wildman–Crippen MR) is 373 cm³/mol. The van der Waals surface area contributed by atoms with E-state index in [0.717, 1.165) is 29.5 Å². The van der Waals surface area contributed by atoms with Crippen molar-refractivity contribution in [1.29, 1.82) is 0 Å². The number of fused-ring (bicyclic) bond motifs is 2. The number of allylic oxidation sites excluding steroid dienone is 4. The van der Waals surface area contributed by atoms with E-state index in [4.69, 9.17) is 42.7 Å². The number of halogens is 2. The number of benzene rings is 5. The molecule has 4 aliphatic rings. The van der Waals surface area contributed by atoms with Crippen LogP contribution in [0, 0.1) is 10.8 Å². The maximum Gasteiger partial charge on any atom is 0.379 e. The second kappa shape index (κ2) is 30.7. The Morgan fingerprint density at radius 3 is 1.82 bits per heavy atom. The second-order valence-corrected chi connectivity index (χ2v) is 26.0. The van der Waals surface area contributed by atoms with Gasteiger partial charge >= 0.3 is 23.9 Å². The Bertz CT molecular complexity index is 4260. The average Bonchev–Trinajstić information content (AvgIpc) is 0.701. The number of ether oxygens (including phenoxy) is 2. The van der Waals surface area contributed by atoms with Crippen LogP contribution in [0.4, 0.5) is 10.5 Å². The van der Waals surface area contributed by atoms with Gasteiger partial charge in [-0.15, -0.1) is 4.59 Å². The number of carbonyl (C=O) groups excluding carboxylic acids is 3. The minimum atomic E-state index is -1.87. The Hall–Kier alpha value is -9.16. The molecule has 10 rings (SSSR count). The smallest absolute Gasteiger partial charge is 0.379 e. The summed E-state index contributed by atoms with van der Waals surface area (Å²) in [6.07, 6.45) is 18.0. The van der Waals surface area contributed by atoms with Crippen molar-refractivity contribution in [1.82, 2.24) is 24.4 Å².